The zero-order valence-corrected chi connectivity index (χ0v) is 15.5. The van der Waals surface area contributed by atoms with Crippen LogP contribution in [0.2, 0.25) is 0 Å². The molecule has 2 aromatic heterocycles. The molecule has 1 aromatic carbocycles. The van der Waals surface area contributed by atoms with Crippen LogP contribution in [0, 0.1) is 0 Å². The lowest BCUT2D eigenvalue weighted by atomic mass is 9.80. The molecule has 2 unspecified atom stereocenters. The summed E-state index contributed by atoms with van der Waals surface area (Å²) in [6.45, 7) is 0. The molecule has 0 saturated carbocycles. The van der Waals surface area contributed by atoms with Gasteiger partial charge in [0.05, 0.1) is 0 Å². The van der Waals surface area contributed by atoms with Gasteiger partial charge in [0.2, 0.25) is 11.7 Å². The Balaban J connectivity index is 1.98. The van der Waals surface area contributed by atoms with Crippen molar-refractivity contribution in [1.29, 1.82) is 0 Å². The van der Waals surface area contributed by atoms with E-state index in [1.54, 1.807) is 30.3 Å². The van der Waals surface area contributed by atoms with Crippen molar-refractivity contribution >= 4 is 17.1 Å². The van der Waals surface area contributed by atoms with Crippen molar-refractivity contribution in [3.8, 4) is 0 Å². The Bertz CT molecular complexity index is 1170. The van der Waals surface area contributed by atoms with E-state index in [0.29, 0.717) is 10.1 Å². The van der Waals surface area contributed by atoms with Gasteiger partial charge >= 0.3 is 6.18 Å². The predicted molar refractivity (Wildman–Crippen MR) is 102 cm³/mol. The van der Waals surface area contributed by atoms with Crippen molar-refractivity contribution in [2.24, 2.45) is 5.73 Å². The van der Waals surface area contributed by atoms with Crippen LogP contribution in [-0.2, 0) is 17.4 Å². The van der Waals surface area contributed by atoms with E-state index in [0.717, 1.165) is 6.08 Å². The second-order valence-corrected chi connectivity index (χ2v) is 6.99. The van der Waals surface area contributed by atoms with Gasteiger partial charge in [0, 0.05) is 18.2 Å². The number of allylic oxidation sites excluding steroid dienone is 3. The van der Waals surface area contributed by atoms with Gasteiger partial charge < -0.3 is 5.73 Å². The van der Waals surface area contributed by atoms with E-state index in [2.05, 4.69) is 9.97 Å². The summed E-state index contributed by atoms with van der Waals surface area (Å²) in [5, 5.41) is 0. The third-order valence-electron chi connectivity index (χ3n) is 4.96. The highest BCUT2D eigenvalue weighted by Crippen LogP contribution is 2.44. The van der Waals surface area contributed by atoms with E-state index < -0.39 is 29.6 Å². The second kappa shape index (κ2) is 7.08. The molecule has 1 aliphatic rings. The second-order valence-electron chi connectivity index (χ2n) is 6.99. The molecule has 2 atom stereocenters. The number of carbonyl (C=O) groups excluding carboxylic acids is 1. The quantitative estimate of drug-likeness (QED) is 0.655. The monoisotopic (exact) mass is 416 g/mol. The molecule has 0 aliphatic heterocycles. The number of rotatable bonds is 4. The largest absolute Gasteiger partial charge is 0.449 e. The van der Waals surface area contributed by atoms with Crippen LogP contribution in [0.5, 0.6) is 0 Å². The molecule has 5 nitrogen and oxygen atoms in total. The van der Waals surface area contributed by atoms with E-state index in [1.165, 1.54) is 30.5 Å². The van der Waals surface area contributed by atoms with Crippen LogP contribution >= 0.6 is 0 Å². The number of primary amides is 1. The summed E-state index contributed by atoms with van der Waals surface area (Å²) >= 11 is 0. The third kappa shape index (κ3) is 3.36. The number of fused-ring (bicyclic) bond motifs is 1. The third-order valence-corrected chi connectivity index (χ3v) is 4.96. The number of amides is 1. The number of hydrogen-bond donors (Lipinski definition) is 1. The number of pyridine rings is 1. The van der Waals surface area contributed by atoms with Gasteiger partial charge in [0.15, 0.2) is 11.3 Å². The molecule has 2 heterocycles. The Kier molecular flexibility index (Phi) is 4.68. The van der Waals surface area contributed by atoms with Gasteiger partial charge in [-0.05, 0) is 23.8 Å². The SMILES string of the molecule is NC(=O)C1=CC=CC(F)(Cc2ccccc2)C1n1c(C(F)(F)F)nc2cccnc21. The fourth-order valence-corrected chi connectivity index (χ4v) is 3.76. The minimum atomic E-state index is -4.90. The summed E-state index contributed by atoms with van der Waals surface area (Å²) in [6, 6.07) is 9.52. The predicted octanol–water partition coefficient (Wildman–Crippen LogP) is 3.92. The summed E-state index contributed by atoms with van der Waals surface area (Å²) in [5.74, 6) is -2.37. The van der Waals surface area contributed by atoms with Gasteiger partial charge in [-0.15, -0.1) is 0 Å². The number of nitrogens with zero attached hydrogens (tertiary/aromatic N) is 3. The minimum absolute atomic E-state index is 0.0646. The molecule has 0 fully saturated rings. The number of alkyl halides is 4. The minimum Gasteiger partial charge on any atom is -0.366 e. The maximum atomic E-state index is 16.4. The van der Waals surface area contributed by atoms with Crippen LogP contribution in [0.1, 0.15) is 17.4 Å². The number of carbonyl (C=O) groups is 1. The van der Waals surface area contributed by atoms with Crippen molar-refractivity contribution < 1.29 is 22.4 Å². The normalized spacial score (nSPS) is 21.6. The molecule has 2 N–H and O–H groups in total. The van der Waals surface area contributed by atoms with E-state index in [1.807, 2.05) is 0 Å². The van der Waals surface area contributed by atoms with Gasteiger partial charge in [-0.25, -0.2) is 14.4 Å². The molecule has 1 aliphatic carbocycles. The Hall–Kier alpha value is -3.49. The van der Waals surface area contributed by atoms with Gasteiger partial charge in [-0.1, -0.05) is 42.5 Å². The first-order valence-corrected chi connectivity index (χ1v) is 9.03. The van der Waals surface area contributed by atoms with Crippen LogP contribution in [-0.4, -0.2) is 26.1 Å². The fraction of sp³-hybridized carbons (Fsp3) is 0.190. The van der Waals surface area contributed by atoms with E-state index in [-0.39, 0.29) is 23.2 Å². The summed E-state index contributed by atoms with van der Waals surface area (Å²) in [7, 11) is 0. The summed E-state index contributed by atoms with van der Waals surface area (Å²) in [6.07, 6.45) is -0.234. The van der Waals surface area contributed by atoms with E-state index >= 15 is 4.39 Å². The van der Waals surface area contributed by atoms with Crippen LogP contribution in [0.25, 0.3) is 11.2 Å². The molecule has 4 rings (SSSR count). The Morgan fingerprint density at radius 1 is 1.17 bits per heavy atom. The molecule has 154 valence electrons. The van der Waals surface area contributed by atoms with Crippen LogP contribution in [0.4, 0.5) is 17.6 Å². The molecule has 0 radical (unpaired) electrons. The Morgan fingerprint density at radius 2 is 1.90 bits per heavy atom. The molecule has 30 heavy (non-hydrogen) atoms. The summed E-state index contributed by atoms with van der Waals surface area (Å²) < 4.78 is 58.6. The number of nitrogens with two attached hydrogens (primary N) is 1. The topological polar surface area (TPSA) is 73.8 Å². The average Bonchev–Trinajstić information content (AvgIpc) is 3.08. The van der Waals surface area contributed by atoms with Crippen LogP contribution < -0.4 is 5.73 Å². The van der Waals surface area contributed by atoms with Crippen molar-refractivity contribution in [2.45, 2.75) is 24.3 Å². The molecule has 0 spiro atoms. The average molecular weight is 416 g/mol. The zero-order chi connectivity index (χ0) is 21.5. The molecule has 3 aromatic rings. The van der Waals surface area contributed by atoms with Crippen molar-refractivity contribution in [1.82, 2.24) is 14.5 Å². The first-order chi connectivity index (χ1) is 14.2. The first kappa shape index (κ1) is 19.8. The lowest BCUT2D eigenvalue weighted by molar-refractivity contribution is -0.148. The van der Waals surface area contributed by atoms with Gasteiger partial charge in [-0.3, -0.25) is 9.36 Å². The highest BCUT2D eigenvalue weighted by Gasteiger charge is 2.49. The number of benzene rings is 1. The van der Waals surface area contributed by atoms with Crippen LogP contribution in [0.15, 0.2) is 72.5 Å². The maximum absolute atomic E-state index is 16.4. The molecular weight excluding hydrogens is 400 g/mol. The molecule has 0 bridgehead atoms. The standard InChI is InChI=1S/C21H16F4N4O/c22-20(12-13-6-2-1-3-7-13)10-4-8-14(17(26)30)16(20)29-18-15(9-5-11-27-18)28-19(29)21(23,24)25/h1-11,16H,12H2,(H2,26,30). The van der Waals surface area contributed by atoms with Crippen molar-refractivity contribution in [3.05, 3.63) is 83.9 Å². The lowest BCUT2D eigenvalue weighted by Crippen LogP contribution is -2.43. The van der Waals surface area contributed by atoms with E-state index in [9.17, 15) is 18.0 Å². The van der Waals surface area contributed by atoms with Gasteiger partial charge in [-0.2, -0.15) is 13.2 Å². The summed E-state index contributed by atoms with van der Waals surface area (Å²) in [5.41, 5.74) is 3.05. The Morgan fingerprint density at radius 3 is 2.57 bits per heavy atom. The molecule has 0 saturated heterocycles. The van der Waals surface area contributed by atoms with Gasteiger partial charge in [0.1, 0.15) is 11.6 Å². The highest BCUT2D eigenvalue weighted by atomic mass is 19.4. The molecular formula is C21H16F4N4O. The molecule has 9 heteroatoms. The smallest absolute Gasteiger partial charge is 0.366 e. The first-order valence-electron chi connectivity index (χ1n) is 9.03. The lowest BCUT2D eigenvalue weighted by Gasteiger charge is -2.36. The number of hydrogen-bond acceptors (Lipinski definition) is 3. The highest BCUT2D eigenvalue weighted by molar-refractivity contribution is 5.94. The number of aromatic nitrogens is 3. The number of halogens is 4. The number of imidazole rings is 1. The van der Waals surface area contributed by atoms with Crippen LogP contribution in [0.3, 0.4) is 0 Å². The maximum Gasteiger partial charge on any atom is 0.449 e. The van der Waals surface area contributed by atoms with Crippen molar-refractivity contribution in [3.63, 3.8) is 0 Å². The zero-order valence-electron chi connectivity index (χ0n) is 15.5. The molecule has 1 amide bonds. The van der Waals surface area contributed by atoms with Crippen molar-refractivity contribution in [2.75, 3.05) is 0 Å². The summed E-state index contributed by atoms with van der Waals surface area (Å²) in [4.78, 5) is 19.7. The van der Waals surface area contributed by atoms with E-state index in [4.69, 9.17) is 5.73 Å². The van der Waals surface area contributed by atoms with Gasteiger partial charge in [0.25, 0.3) is 0 Å². The fourth-order valence-electron chi connectivity index (χ4n) is 3.76. The Labute approximate surface area is 168 Å².